The summed E-state index contributed by atoms with van der Waals surface area (Å²) >= 11 is 0. The summed E-state index contributed by atoms with van der Waals surface area (Å²) in [4.78, 5) is 22.4. The van der Waals surface area contributed by atoms with Gasteiger partial charge in [0, 0.05) is 13.1 Å². The van der Waals surface area contributed by atoms with Crippen LogP contribution >= 0.6 is 0 Å². The minimum Gasteiger partial charge on any atom is -0.481 e. The summed E-state index contributed by atoms with van der Waals surface area (Å²) in [5.41, 5.74) is 0. The third kappa shape index (κ3) is 4.46. The molecule has 0 radical (unpaired) electrons. The molecule has 0 aliphatic carbocycles. The predicted molar refractivity (Wildman–Crippen MR) is 66.9 cm³/mol. The molecule has 2 atom stereocenters. The van der Waals surface area contributed by atoms with Crippen molar-refractivity contribution in [3.05, 3.63) is 0 Å². The number of hydrogen-bond acceptors (Lipinski definition) is 5. The molecule has 0 amide bonds. The third-order valence-electron chi connectivity index (χ3n) is 3.30. The molecule has 1 aliphatic rings. The lowest BCUT2D eigenvalue weighted by atomic mass is 9.89. The molecule has 1 N–H and O–H groups in total. The molecule has 0 bridgehead atoms. The zero-order valence-electron chi connectivity index (χ0n) is 11.0. The van der Waals surface area contributed by atoms with Crippen molar-refractivity contribution in [1.82, 2.24) is 4.31 Å². The van der Waals surface area contributed by atoms with Gasteiger partial charge in [-0.15, -0.1) is 0 Å². The Morgan fingerprint density at radius 2 is 2.11 bits per heavy atom. The lowest BCUT2D eigenvalue weighted by Crippen LogP contribution is -2.41. The summed E-state index contributed by atoms with van der Waals surface area (Å²) in [5.74, 6) is -3.38. The summed E-state index contributed by atoms with van der Waals surface area (Å²) in [6.07, 6.45) is 2.62. The number of carbonyl (C=O) groups excluding carboxylic acids is 1. The molecule has 2 unspecified atom stereocenters. The van der Waals surface area contributed by atoms with Gasteiger partial charge in [0.25, 0.3) is 0 Å². The van der Waals surface area contributed by atoms with E-state index in [2.05, 4.69) is 4.74 Å². The highest BCUT2D eigenvalue weighted by atomic mass is 32.2. The summed E-state index contributed by atoms with van der Waals surface area (Å²) in [6, 6.07) is 0. The van der Waals surface area contributed by atoms with Crippen LogP contribution < -0.4 is 0 Å². The molecular formula is C11H19NO6S. The number of rotatable bonds is 5. The molecule has 1 aliphatic heterocycles. The van der Waals surface area contributed by atoms with Crippen molar-refractivity contribution >= 4 is 22.0 Å². The van der Waals surface area contributed by atoms with E-state index in [1.165, 1.54) is 4.31 Å². The molecule has 7 nitrogen and oxygen atoms in total. The van der Waals surface area contributed by atoms with Gasteiger partial charge in [-0.05, 0) is 25.2 Å². The lowest BCUT2D eigenvalue weighted by Gasteiger charge is -2.31. The first-order valence-electron chi connectivity index (χ1n) is 6.01. The van der Waals surface area contributed by atoms with E-state index in [1.807, 2.05) is 0 Å². The van der Waals surface area contributed by atoms with Crippen LogP contribution in [0.4, 0.5) is 0 Å². The fraction of sp³-hybridized carbons (Fsp3) is 0.818. The molecule has 1 fully saturated rings. The smallest absolute Gasteiger partial charge is 0.320 e. The van der Waals surface area contributed by atoms with Crippen LogP contribution in [-0.2, 0) is 24.3 Å². The van der Waals surface area contributed by atoms with Gasteiger partial charge in [0.1, 0.15) is 0 Å². The van der Waals surface area contributed by atoms with Gasteiger partial charge in [0.15, 0.2) is 5.92 Å². The van der Waals surface area contributed by atoms with Gasteiger partial charge in [-0.2, -0.15) is 0 Å². The van der Waals surface area contributed by atoms with Crippen molar-refractivity contribution in [1.29, 1.82) is 0 Å². The molecule has 1 rings (SSSR count). The number of carboxylic acid groups (broad SMARTS) is 1. The topological polar surface area (TPSA) is 101 Å². The van der Waals surface area contributed by atoms with E-state index in [9.17, 15) is 18.0 Å². The summed E-state index contributed by atoms with van der Waals surface area (Å²) in [7, 11) is -2.13. The van der Waals surface area contributed by atoms with Gasteiger partial charge in [-0.3, -0.25) is 9.59 Å². The highest BCUT2D eigenvalue weighted by Gasteiger charge is 2.33. The number of sulfonamides is 1. The Kier molecular flexibility index (Phi) is 5.30. The van der Waals surface area contributed by atoms with E-state index < -0.39 is 27.9 Å². The molecule has 0 aromatic rings. The number of aliphatic carboxylic acids is 1. The Bertz CT molecular complexity index is 446. The zero-order valence-corrected chi connectivity index (χ0v) is 11.9. The average Bonchev–Trinajstić information content (AvgIpc) is 2.34. The first-order valence-corrected chi connectivity index (χ1v) is 7.86. The minimum atomic E-state index is -3.27. The number of nitrogens with zero attached hydrogens (tertiary/aromatic N) is 1. The second-order valence-corrected chi connectivity index (χ2v) is 6.76. The Balaban J connectivity index is 2.70. The summed E-state index contributed by atoms with van der Waals surface area (Å²) in [6.45, 7) is 0.713. The van der Waals surface area contributed by atoms with E-state index in [1.54, 1.807) is 0 Å². The number of hydrogen-bond donors (Lipinski definition) is 1. The normalized spacial score (nSPS) is 22.7. The molecule has 1 heterocycles. The maximum atomic E-state index is 11.5. The van der Waals surface area contributed by atoms with Crippen molar-refractivity contribution in [3.8, 4) is 0 Å². The molecular weight excluding hydrogens is 274 g/mol. The van der Waals surface area contributed by atoms with Gasteiger partial charge >= 0.3 is 11.9 Å². The van der Waals surface area contributed by atoms with E-state index >= 15 is 0 Å². The Morgan fingerprint density at radius 3 is 2.58 bits per heavy atom. The van der Waals surface area contributed by atoms with Crippen molar-refractivity contribution < 1.29 is 27.9 Å². The van der Waals surface area contributed by atoms with E-state index in [4.69, 9.17) is 5.11 Å². The Morgan fingerprint density at radius 1 is 1.47 bits per heavy atom. The molecule has 1 saturated heterocycles. The largest absolute Gasteiger partial charge is 0.481 e. The van der Waals surface area contributed by atoms with E-state index in [0.717, 1.165) is 13.4 Å². The molecule has 8 heteroatoms. The lowest BCUT2D eigenvalue weighted by molar-refractivity contribution is -0.157. The van der Waals surface area contributed by atoms with Gasteiger partial charge in [0.05, 0.1) is 13.4 Å². The van der Waals surface area contributed by atoms with E-state index in [0.29, 0.717) is 19.4 Å². The van der Waals surface area contributed by atoms with Crippen molar-refractivity contribution in [2.24, 2.45) is 11.8 Å². The highest BCUT2D eigenvalue weighted by molar-refractivity contribution is 7.88. The quantitative estimate of drug-likeness (QED) is 0.562. The van der Waals surface area contributed by atoms with E-state index in [-0.39, 0.29) is 18.9 Å². The minimum absolute atomic E-state index is 0.105. The van der Waals surface area contributed by atoms with Crippen molar-refractivity contribution in [2.75, 3.05) is 26.5 Å². The highest BCUT2D eigenvalue weighted by Crippen LogP contribution is 2.25. The molecule has 0 saturated carbocycles. The maximum Gasteiger partial charge on any atom is 0.320 e. The second-order valence-electron chi connectivity index (χ2n) is 4.78. The van der Waals surface area contributed by atoms with Gasteiger partial charge in [0.2, 0.25) is 10.0 Å². The first-order chi connectivity index (χ1) is 8.75. The summed E-state index contributed by atoms with van der Waals surface area (Å²) < 4.78 is 28.7. The Hall–Kier alpha value is -1.15. The molecule has 0 spiro atoms. The van der Waals surface area contributed by atoms with Gasteiger partial charge < -0.3 is 9.84 Å². The molecule has 110 valence electrons. The average molecular weight is 293 g/mol. The fourth-order valence-corrected chi connectivity index (χ4v) is 3.24. The van der Waals surface area contributed by atoms with Crippen LogP contribution in [0.3, 0.4) is 0 Å². The number of carboxylic acids is 1. The predicted octanol–water partition coefficient (Wildman–Crippen LogP) is -0.0781. The second kappa shape index (κ2) is 6.33. The van der Waals surface area contributed by atoms with Crippen LogP contribution in [0.1, 0.15) is 19.3 Å². The number of methoxy groups -OCH3 is 1. The van der Waals surface area contributed by atoms with Crippen molar-refractivity contribution in [3.63, 3.8) is 0 Å². The standard InChI is InChI=1S/C11H19NO6S/c1-18-11(15)9(10(13)14)6-8-4-3-5-12(7-8)19(2,16)17/h8-9H,3-7H2,1-2H3,(H,13,14). The summed E-state index contributed by atoms with van der Waals surface area (Å²) in [5, 5.41) is 9.00. The molecule has 0 aromatic carbocycles. The Labute approximate surface area is 112 Å². The fourth-order valence-electron chi connectivity index (χ4n) is 2.29. The van der Waals surface area contributed by atoms with Gasteiger partial charge in [-0.1, -0.05) is 0 Å². The van der Waals surface area contributed by atoms with Crippen LogP contribution in [0, 0.1) is 11.8 Å². The van der Waals surface area contributed by atoms with Crippen LogP contribution in [0.15, 0.2) is 0 Å². The maximum absolute atomic E-state index is 11.5. The van der Waals surface area contributed by atoms with Crippen LogP contribution in [-0.4, -0.2) is 56.2 Å². The monoisotopic (exact) mass is 293 g/mol. The van der Waals surface area contributed by atoms with Crippen LogP contribution in [0.25, 0.3) is 0 Å². The van der Waals surface area contributed by atoms with Crippen LogP contribution in [0.2, 0.25) is 0 Å². The van der Waals surface area contributed by atoms with Crippen molar-refractivity contribution in [2.45, 2.75) is 19.3 Å². The van der Waals surface area contributed by atoms with Crippen LogP contribution in [0.5, 0.6) is 0 Å². The molecule has 0 aromatic heterocycles. The first kappa shape index (κ1) is 15.9. The molecule has 19 heavy (non-hydrogen) atoms. The number of carbonyl (C=O) groups is 2. The SMILES string of the molecule is COC(=O)C(CC1CCCN(S(C)(=O)=O)C1)C(=O)O. The number of esters is 1. The van der Waals surface area contributed by atoms with Gasteiger partial charge in [-0.25, -0.2) is 12.7 Å². The zero-order chi connectivity index (χ0) is 14.6. The number of ether oxygens (including phenoxy) is 1. The number of piperidine rings is 1. The third-order valence-corrected chi connectivity index (χ3v) is 4.57.